The van der Waals surface area contributed by atoms with Gasteiger partial charge in [0.1, 0.15) is 0 Å². The molecule has 1 amide bonds. The van der Waals surface area contributed by atoms with Gasteiger partial charge >= 0.3 is 0 Å². The third kappa shape index (κ3) is 3.37. The van der Waals surface area contributed by atoms with E-state index in [1.165, 1.54) is 23.3 Å². The van der Waals surface area contributed by atoms with E-state index in [4.69, 9.17) is 4.74 Å². The van der Waals surface area contributed by atoms with Crippen LogP contribution in [-0.4, -0.2) is 48.0 Å². The number of hydrogen-bond acceptors (Lipinski definition) is 3. The number of amides is 1. The van der Waals surface area contributed by atoms with E-state index in [1.54, 1.807) is 17.0 Å². The van der Waals surface area contributed by atoms with E-state index in [1.807, 2.05) is 0 Å². The Hall–Kier alpha value is -2.40. The highest BCUT2D eigenvalue weighted by molar-refractivity contribution is 5.78. The summed E-state index contributed by atoms with van der Waals surface area (Å²) >= 11 is 0. The highest BCUT2D eigenvalue weighted by atomic mass is 19.1. The third-order valence-corrected chi connectivity index (χ3v) is 5.08. The highest BCUT2D eigenvalue weighted by Gasteiger charge is 2.36. The molecule has 1 saturated heterocycles. The van der Waals surface area contributed by atoms with Crippen LogP contribution in [0.5, 0.6) is 5.75 Å². The zero-order chi connectivity index (χ0) is 17.2. The van der Waals surface area contributed by atoms with Gasteiger partial charge in [0.15, 0.2) is 18.2 Å². The zero-order valence-electron chi connectivity index (χ0n) is 14.0. The molecule has 0 saturated carbocycles. The van der Waals surface area contributed by atoms with E-state index in [9.17, 15) is 9.18 Å². The molecular weight excluding hydrogens is 319 g/mol. The number of rotatable bonds is 4. The number of hydrogen-bond donors (Lipinski definition) is 0. The fourth-order valence-corrected chi connectivity index (χ4v) is 3.51. The van der Waals surface area contributed by atoms with Gasteiger partial charge in [-0.2, -0.15) is 0 Å². The molecule has 2 aromatic rings. The first kappa shape index (κ1) is 16.1. The zero-order valence-corrected chi connectivity index (χ0v) is 14.0. The SMILES string of the molecule is O=C(COc1ccccc1F)N1CC(N2CCc3ccccc3C2)C1. The van der Waals surface area contributed by atoms with Crippen LogP contribution >= 0.6 is 0 Å². The number of fused-ring (bicyclic) bond motifs is 1. The maximum Gasteiger partial charge on any atom is 0.260 e. The summed E-state index contributed by atoms with van der Waals surface area (Å²) < 4.78 is 18.8. The average Bonchev–Trinajstić information content (AvgIpc) is 2.60. The first-order chi connectivity index (χ1) is 12.2. The van der Waals surface area contributed by atoms with E-state index in [0.717, 1.165) is 32.6 Å². The fourth-order valence-electron chi connectivity index (χ4n) is 3.51. The van der Waals surface area contributed by atoms with Crippen LogP contribution in [0.1, 0.15) is 11.1 Å². The lowest BCUT2D eigenvalue weighted by Crippen LogP contribution is -2.62. The highest BCUT2D eigenvalue weighted by Crippen LogP contribution is 2.24. The van der Waals surface area contributed by atoms with E-state index >= 15 is 0 Å². The first-order valence-electron chi connectivity index (χ1n) is 8.66. The molecule has 0 aliphatic carbocycles. The van der Waals surface area contributed by atoms with Crippen molar-refractivity contribution in [1.29, 1.82) is 0 Å². The Kier molecular flexibility index (Phi) is 4.40. The van der Waals surface area contributed by atoms with Gasteiger partial charge in [-0.3, -0.25) is 9.69 Å². The number of nitrogens with zero attached hydrogens (tertiary/aromatic N) is 2. The quantitative estimate of drug-likeness (QED) is 0.857. The number of likely N-dealkylation sites (tertiary alicyclic amines) is 1. The van der Waals surface area contributed by atoms with Crippen LogP contribution in [0.3, 0.4) is 0 Å². The maximum absolute atomic E-state index is 13.5. The predicted molar refractivity (Wildman–Crippen MR) is 92.8 cm³/mol. The number of halogens is 1. The topological polar surface area (TPSA) is 32.8 Å². The van der Waals surface area contributed by atoms with Gasteiger partial charge in [0.2, 0.25) is 0 Å². The Labute approximate surface area is 146 Å². The normalized spacial score (nSPS) is 17.7. The smallest absolute Gasteiger partial charge is 0.260 e. The maximum atomic E-state index is 13.5. The summed E-state index contributed by atoms with van der Waals surface area (Å²) in [5.41, 5.74) is 2.82. The molecule has 2 aliphatic rings. The Morgan fingerprint density at radius 3 is 2.60 bits per heavy atom. The lowest BCUT2D eigenvalue weighted by Gasteiger charge is -2.46. The van der Waals surface area contributed by atoms with Crippen molar-refractivity contribution in [2.75, 3.05) is 26.2 Å². The average molecular weight is 340 g/mol. The molecule has 0 unspecified atom stereocenters. The number of benzene rings is 2. The Bertz CT molecular complexity index is 774. The monoisotopic (exact) mass is 340 g/mol. The third-order valence-electron chi connectivity index (χ3n) is 5.08. The minimum atomic E-state index is -0.441. The van der Waals surface area contributed by atoms with Gasteiger partial charge in [0, 0.05) is 32.2 Å². The molecule has 2 heterocycles. The van der Waals surface area contributed by atoms with Gasteiger partial charge < -0.3 is 9.64 Å². The lowest BCUT2D eigenvalue weighted by atomic mass is 9.96. The van der Waals surface area contributed by atoms with Gasteiger partial charge in [-0.1, -0.05) is 36.4 Å². The number of para-hydroxylation sites is 1. The Morgan fingerprint density at radius 2 is 1.80 bits per heavy atom. The van der Waals surface area contributed by atoms with E-state index in [2.05, 4.69) is 29.2 Å². The van der Waals surface area contributed by atoms with Crippen LogP contribution in [0.2, 0.25) is 0 Å². The second-order valence-electron chi connectivity index (χ2n) is 6.66. The predicted octanol–water partition coefficient (Wildman–Crippen LogP) is 2.47. The molecule has 25 heavy (non-hydrogen) atoms. The van der Waals surface area contributed by atoms with Crippen molar-refractivity contribution in [2.45, 2.75) is 19.0 Å². The number of carbonyl (C=O) groups excluding carboxylic acids is 1. The van der Waals surface area contributed by atoms with Crippen molar-refractivity contribution in [1.82, 2.24) is 9.80 Å². The molecule has 2 aromatic carbocycles. The van der Waals surface area contributed by atoms with Gasteiger partial charge in [0.05, 0.1) is 0 Å². The molecule has 1 fully saturated rings. The van der Waals surface area contributed by atoms with Gasteiger partial charge in [-0.15, -0.1) is 0 Å². The largest absolute Gasteiger partial charge is 0.481 e. The summed E-state index contributed by atoms with van der Waals surface area (Å²) in [6, 6.07) is 15.1. The minimum Gasteiger partial charge on any atom is -0.481 e. The van der Waals surface area contributed by atoms with Crippen molar-refractivity contribution in [2.24, 2.45) is 0 Å². The molecule has 0 N–H and O–H groups in total. The van der Waals surface area contributed by atoms with Crippen molar-refractivity contribution in [3.05, 3.63) is 65.5 Å². The molecule has 130 valence electrons. The van der Waals surface area contributed by atoms with Gasteiger partial charge in [0.25, 0.3) is 5.91 Å². The molecule has 0 spiro atoms. The molecule has 0 radical (unpaired) electrons. The molecule has 2 aliphatic heterocycles. The van der Waals surface area contributed by atoms with Crippen LogP contribution in [0, 0.1) is 5.82 Å². The van der Waals surface area contributed by atoms with Gasteiger partial charge in [-0.05, 0) is 29.7 Å². The summed E-state index contributed by atoms with van der Waals surface area (Å²) in [7, 11) is 0. The van der Waals surface area contributed by atoms with Crippen LogP contribution in [0.25, 0.3) is 0 Å². The summed E-state index contributed by atoms with van der Waals surface area (Å²) in [4.78, 5) is 16.4. The molecule has 0 aromatic heterocycles. The summed E-state index contributed by atoms with van der Waals surface area (Å²) in [5.74, 6) is -0.402. The second-order valence-corrected chi connectivity index (χ2v) is 6.66. The van der Waals surface area contributed by atoms with Crippen LogP contribution in [0.4, 0.5) is 4.39 Å². The molecule has 0 atom stereocenters. The van der Waals surface area contributed by atoms with Crippen LogP contribution in [-0.2, 0) is 17.8 Å². The van der Waals surface area contributed by atoms with Crippen molar-refractivity contribution < 1.29 is 13.9 Å². The molecule has 0 bridgehead atoms. The summed E-state index contributed by atoms with van der Waals surface area (Å²) in [6.07, 6.45) is 1.07. The Morgan fingerprint density at radius 1 is 1.08 bits per heavy atom. The lowest BCUT2D eigenvalue weighted by molar-refractivity contribution is -0.141. The first-order valence-corrected chi connectivity index (χ1v) is 8.66. The minimum absolute atomic E-state index is 0.0862. The van der Waals surface area contributed by atoms with Crippen molar-refractivity contribution in [3.63, 3.8) is 0 Å². The van der Waals surface area contributed by atoms with Crippen molar-refractivity contribution in [3.8, 4) is 5.75 Å². The molecule has 4 nitrogen and oxygen atoms in total. The van der Waals surface area contributed by atoms with Crippen molar-refractivity contribution >= 4 is 5.91 Å². The van der Waals surface area contributed by atoms with E-state index in [-0.39, 0.29) is 18.3 Å². The number of carbonyl (C=O) groups is 1. The van der Waals surface area contributed by atoms with E-state index in [0.29, 0.717) is 6.04 Å². The number of ether oxygens (including phenoxy) is 1. The van der Waals surface area contributed by atoms with Crippen LogP contribution in [0.15, 0.2) is 48.5 Å². The molecule has 5 heteroatoms. The van der Waals surface area contributed by atoms with Gasteiger partial charge in [-0.25, -0.2) is 4.39 Å². The molecular formula is C20H21FN2O2. The summed E-state index contributed by atoms with van der Waals surface area (Å²) in [5, 5.41) is 0. The second kappa shape index (κ2) is 6.84. The molecule has 4 rings (SSSR count). The Balaban J connectivity index is 1.26. The summed E-state index contributed by atoms with van der Waals surface area (Å²) in [6.45, 7) is 3.32. The standard InChI is InChI=1S/C20H21FN2O2/c21-18-7-3-4-8-19(18)25-14-20(24)23-12-17(13-23)22-10-9-15-5-1-2-6-16(15)11-22/h1-8,17H,9-14H2. The van der Waals surface area contributed by atoms with E-state index < -0.39 is 5.82 Å². The van der Waals surface area contributed by atoms with Crippen LogP contribution < -0.4 is 4.74 Å². The fraction of sp³-hybridized carbons (Fsp3) is 0.350.